The Balaban J connectivity index is 1.92. The zero-order chi connectivity index (χ0) is 15.5. The summed E-state index contributed by atoms with van der Waals surface area (Å²) in [5.74, 6) is 0.137. The summed E-state index contributed by atoms with van der Waals surface area (Å²) in [4.78, 5) is 25.6. The Kier molecular flexibility index (Phi) is 4.66. The molecule has 1 aliphatic rings. The summed E-state index contributed by atoms with van der Waals surface area (Å²) in [5, 5.41) is 3.02. The van der Waals surface area contributed by atoms with Crippen LogP contribution in [-0.4, -0.2) is 30.8 Å². The third-order valence-corrected chi connectivity index (χ3v) is 4.32. The fourth-order valence-corrected chi connectivity index (χ4v) is 2.80. The molecule has 0 aromatic heterocycles. The van der Waals surface area contributed by atoms with Gasteiger partial charge in [0.05, 0.1) is 0 Å². The van der Waals surface area contributed by atoms with Crippen LogP contribution in [0.25, 0.3) is 0 Å². The minimum atomic E-state index is -0.194. The second kappa shape index (κ2) is 6.29. The van der Waals surface area contributed by atoms with E-state index >= 15 is 0 Å². The molecule has 1 saturated carbocycles. The fraction of sp³-hybridized carbons (Fsp3) is 0.529. The molecule has 0 radical (unpaired) electrons. The van der Waals surface area contributed by atoms with Crippen molar-refractivity contribution in [2.24, 2.45) is 5.41 Å². The fourth-order valence-electron chi connectivity index (χ4n) is 2.80. The normalized spacial score (nSPS) is 16.5. The van der Waals surface area contributed by atoms with Gasteiger partial charge in [-0.2, -0.15) is 0 Å². The molecule has 2 amide bonds. The molecule has 0 heterocycles. The van der Waals surface area contributed by atoms with Crippen LogP contribution < -0.4 is 5.32 Å². The van der Waals surface area contributed by atoms with Crippen LogP contribution in [-0.2, 0) is 11.3 Å². The lowest BCUT2D eigenvalue weighted by Crippen LogP contribution is -2.36. The highest BCUT2D eigenvalue weighted by atomic mass is 16.2. The Hall–Kier alpha value is -1.84. The second-order valence-electron chi connectivity index (χ2n) is 6.35. The molecule has 114 valence electrons. The van der Waals surface area contributed by atoms with Gasteiger partial charge in [0, 0.05) is 31.6 Å². The second-order valence-corrected chi connectivity index (χ2v) is 6.35. The molecule has 0 aliphatic heterocycles. The van der Waals surface area contributed by atoms with E-state index in [0.29, 0.717) is 12.1 Å². The average Bonchev–Trinajstić information content (AvgIpc) is 2.92. The van der Waals surface area contributed by atoms with E-state index in [2.05, 4.69) is 5.32 Å². The lowest BCUT2D eigenvalue weighted by Gasteiger charge is -2.22. The lowest BCUT2D eigenvalue weighted by atomic mass is 9.88. The number of amides is 2. The van der Waals surface area contributed by atoms with Gasteiger partial charge >= 0.3 is 0 Å². The zero-order valence-corrected chi connectivity index (χ0v) is 13.1. The monoisotopic (exact) mass is 288 g/mol. The third-order valence-electron chi connectivity index (χ3n) is 4.32. The van der Waals surface area contributed by atoms with Gasteiger partial charge in [-0.15, -0.1) is 0 Å². The maximum absolute atomic E-state index is 12.2. The van der Waals surface area contributed by atoms with E-state index in [1.165, 1.54) is 0 Å². The van der Waals surface area contributed by atoms with E-state index in [1.54, 1.807) is 31.1 Å². The summed E-state index contributed by atoms with van der Waals surface area (Å²) in [7, 11) is 3.47. The van der Waals surface area contributed by atoms with Gasteiger partial charge in [0.15, 0.2) is 0 Å². The minimum Gasteiger partial charge on any atom is -0.352 e. The van der Waals surface area contributed by atoms with Gasteiger partial charge in [-0.3, -0.25) is 9.59 Å². The first-order valence-electron chi connectivity index (χ1n) is 7.51. The van der Waals surface area contributed by atoms with Crippen molar-refractivity contribution in [3.63, 3.8) is 0 Å². The summed E-state index contributed by atoms with van der Waals surface area (Å²) in [6.07, 6.45) is 4.25. The van der Waals surface area contributed by atoms with Crippen molar-refractivity contribution >= 4 is 11.8 Å². The number of rotatable bonds is 4. The predicted octanol–water partition coefficient (Wildman–Crippen LogP) is 2.58. The molecule has 4 heteroatoms. The number of carbonyl (C=O) groups is 2. The van der Waals surface area contributed by atoms with Crippen molar-refractivity contribution in [1.82, 2.24) is 10.2 Å². The van der Waals surface area contributed by atoms with Gasteiger partial charge in [-0.05, 0) is 30.5 Å². The summed E-state index contributed by atoms with van der Waals surface area (Å²) < 4.78 is 0. The van der Waals surface area contributed by atoms with Crippen LogP contribution in [0.15, 0.2) is 24.3 Å². The van der Waals surface area contributed by atoms with Gasteiger partial charge in [0.2, 0.25) is 5.91 Å². The Morgan fingerprint density at radius 2 is 1.71 bits per heavy atom. The van der Waals surface area contributed by atoms with Crippen LogP contribution in [0.5, 0.6) is 0 Å². The highest BCUT2D eigenvalue weighted by Gasteiger charge is 2.35. The highest BCUT2D eigenvalue weighted by molar-refractivity contribution is 5.93. The van der Waals surface area contributed by atoms with Crippen LogP contribution in [0.1, 0.15) is 48.5 Å². The van der Waals surface area contributed by atoms with Crippen molar-refractivity contribution in [3.05, 3.63) is 35.4 Å². The molecule has 1 aromatic rings. The van der Waals surface area contributed by atoms with E-state index in [4.69, 9.17) is 0 Å². The number of hydrogen-bond acceptors (Lipinski definition) is 2. The summed E-state index contributed by atoms with van der Waals surface area (Å²) in [6.45, 7) is 2.57. The van der Waals surface area contributed by atoms with Gasteiger partial charge in [0.25, 0.3) is 5.91 Å². The van der Waals surface area contributed by atoms with Crippen LogP contribution >= 0.6 is 0 Å². The summed E-state index contributed by atoms with van der Waals surface area (Å²) >= 11 is 0. The SMILES string of the molecule is CN(C)C(=O)c1ccc(CNC(=O)C2(C)CCCC2)cc1. The number of nitrogens with zero attached hydrogens (tertiary/aromatic N) is 1. The highest BCUT2D eigenvalue weighted by Crippen LogP contribution is 2.37. The third kappa shape index (κ3) is 3.63. The van der Waals surface area contributed by atoms with Crippen molar-refractivity contribution < 1.29 is 9.59 Å². The Morgan fingerprint density at radius 3 is 2.24 bits per heavy atom. The number of nitrogens with one attached hydrogen (secondary N) is 1. The molecular weight excluding hydrogens is 264 g/mol. The van der Waals surface area contributed by atoms with Gasteiger partial charge in [-0.1, -0.05) is 31.9 Å². The first-order valence-corrected chi connectivity index (χ1v) is 7.51. The minimum absolute atomic E-state index is 0.0101. The molecular formula is C17H24N2O2. The van der Waals surface area contributed by atoms with Crippen LogP contribution in [0, 0.1) is 5.41 Å². The largest absolute Gasteiger partial charge is 0.352 e. The molecule has 21 heavy (non-hydrogen) atoms. The first-order chi connectivity index (χ1) is 9.92. The Bertz CT molecular complexity index is 514. The van der Waals surface area contributed by atoms with Gasteiger partial charge in [0.1, 0.15) is 0 Å². The van der Waals surface area contributed by atoms with Gasteiger partial charge < -0.3 is 10.2 Å². The lowest BCUT2D eigenvalue weighted by molar-refractivity contribution is -0.130. The molecule has 4 nitrogen and oxygen atoms in total. The molecule has 0 bridgehead atoms. The van der Waals surface area contributed by atoms with Crippen LogP contribution in [0.3, 0.4) is 0 Å². The van der Waals surface area contributed by atoms with Gasteiger partial charge in [-0.25, -0.2) is 0 Å². The molecule has 0 spiro atoms. The standard InChI is InChI=1S/C17H24N2O2/c1-17(10-4-5-11-17)16(21)18-12-13-6-8-14(9-7-13)15(20)19(2)3/h6-9H,4-5,10-12H2,1-3H3,(H,18,21). The van der Waals surface area contributed by atoms with Crippen LogP contribution in [0.2, 0.25) is 0 Å². The predicted molar refractivity (Wildman–Crippen MR) is 82.9 cm³/mol. The topological polar surface area (TPSA) is 49.4 Å². The zero-order valence-electron chi connectivity index (χ0n) is 13.1. The van der Waals surface area contributed by atoms with E-state index in [0.717, 1.165) is 31.2 Å². The smallest absolute Gasteiger partial charge is 0.253 e. The molecule has 1 aliphatic carbocycles. The maximum Gasteiger partial charge on any atom is 0.253 e. The van der Waals surface area contributed by atoms with E-state index < -0.39 is 0 Å². The Morgan fingerprint density at radius 1 is 1.14 bits per heavy atom. The average molecular weight is 288 g/mol. The molecule has 1 N–H and O–H groups in total. The molecule has 0 saturated heterocycles. The molecule has 1 fully saturated rings. The molecule has 0 unspecified atom stereocenters. The number of benzene rings is 1. The number of carbonyl (C=O) groups excluding carboxylic acids is 2. The Labute approximate surface area is 126 Å². The van der Waals surface area contributed by atoms with Crippen molar-refractivity contribution in [3.8, 4) is 0 Å². The van der Waals surface area contributed by atoms with E-state index in [1.807, 2.05) is 19.1 Å². The maximum atomic E-state index is 12.2. The quantitative estimate of drug-likeness (QED) is 0.925. The summed E-state index contributed by atoms with van der Waals surface area (Å²) in [5.41, 5.74) is 1.49. The van der Waals surface area contributed by atoms with Crippen LogP contribution in [0.4, 0.5) is 0 Å². The van der Waals surface area contributed by atoms with Crippen molar-refractivity contribution in [1.29, 1.82) is 0 Å². The van der Waals surface area contributed by atoms with Crippen molar-refractivity contribution in [2.75, 3.05) is 14.1 Å². The van der Waals surface area contributed by atoms with E-state index in [9.17, 15) is 9.59 Å². The van der Waals surface area contributed by atoms with Crippen molar-refractivity contribution in [2.45, 2.75) is 39.2 Å². The molecule has 0 atom stereocenters. The molecule has 1 aromatic carbocycles. The summed E-state index contributed by atoms with van der Waals surface area (Å²) in [6, 6.07) is 7.41. The molecule has 2 rings (SSSR count). The first kappa shape index (κ1) is 15.5. The van der Waals surface area contributed by atoms with E-state index in [-0.39, 0.29) is 17.2 Å². The number of hydrogen-bond donors (Lipinski definition) is 1.